The largest absolute Gasteiger partial charge is 0.496 e. The van der Waals surface area contributed by atoms with Crippen molar-refractivity contribution in [3.63, 3.8) is 0 Å². The summed E-state index contributed by atoms with van der Waals surface area (Å²) in [5.74, 6) is 1.92. The van der Waals surface area contributed by atoms with E-state index in [0.29, 0.717) is 11.7 Å². The topological polar surface area (TPSA) is 70.3 Å². The van der Waals surface area contributed by atoms with E-state index >= 15 is 0 Å². The van der Waals surface area contributed by atoms with Crippen molar-refractivity contribution in [3.8, 4) is 22.9 Å². The Morgan fingerprint density at radius 1 is 1.11 bits per heavy atom. The SMILES string of the molecule is COc1cc(-c2ccc(OC)c(C)c2)nc(CN)n1. The Hall–Kier alpha value is -2.14. The molecule has 1 heterocycles. The average molecular weight is 259 g/mol. The zero-order valence-electron chi connectivity index (χ0n) is 11.3. The third kappa shape index (κ3) is 2.82. The minimum atomic E-state index is 0.277. The number of methoxy groups -OCH3 is 2. The van der Waals surface area contributed by atoms with Crippen LogP contribution in [0.1, 0.15) is 11.4 Å². The summed E-state index contributed by atoms with van der Waals surface area (Å²) in [5.41, 5.74) is 8.41. The molecule has 0 unspecified atom stereocenters. The molecule has 1 aromatic carbocycles. The monoisotopic (exact) mass is 259 g/mol. The van der Waals surface area contributed by atoms with Crippen LogP contribution in [0.25, 0.3) is 11.3 Å². The molecule has 2 aromatic rings. The zero-order chi connectivity index (χ0) is 13.8. The predicted octanol–water partition coefficient (Wildman–Crippen LogP) is 1.93. The zero-order valence-corrected chi connectivity index (χ0v) is 11.3. The molecular weight excluding hydrogens is 242 g/mol. The Labute approximate surface area is 112 Å². The van der Waals surface area contributed by atoms with Gasteiger partial charge in [-0.2, -0.15) is 4.98 Å². The standard InChI is InChI=1S/C14H17N3O2/c1-9-6-10(4-5-12(9)18-2)11-7-14(19-3)17-13(8-15)16-11/h4-7H,8,15H2,1-3H3. The lowest BCUT2D eigenvalue weighted by molar-refractivity contribution is 0.395. The number of rotatable bonds is 4. The molecule has 0 fully saturated rings. The molecule has 0 spiro atoms. The Bertz CT molecular complexity index is 563. The molecule has 5 heteroatoms. The van der Waals surface area contributed by atoms with Crippen molar-refractivity contribution in [1.82, 2.24) is 9.97 Å². The summed E-state index contributed by atoms with van der Waals surface area (Å²) in [4.78, 5) is 8.58. The van der Waals surface area contributed by atoms with Gasteiger partial charge < -0.3 is 15.2 Å². The molecule has 5 nitrogen and oxygen atoms in total. The van der Waals surface area contributed by atoms with Crippen LogP contribution in [0, 0.1) is 6.92 Å². The fourth-order valence-electron chi connectivity index (χ4n) is 1.85. The van der Waals surface area contributed by atoms with Gasteiger partial charge in [0, 0.05) is 11.6 Å². The van der Waals surface area contributed by atoms with Gasteiger partial charge in [-0.15, -0.1) is 0 Å². The van der Waals surface area contributed by atoms with E-state index in [-0.39, 0.29) is 6.54 Å². The first-order chi connectivity index (χ1) is 9.17. The van der Waals surface area contributed by atoms with Gasteiger partial charge in [0.1, 0.15) is 11.6 Å². The first-order valence-electron chi connectivity index (χ1n) is 5.95. The quantitative estimate of drug-likeness (QED) is 0.908. The molecular formula is C14H17N3O2. The fourth-order valence-corrected chi connectivity index (χ4v) is 1.85. The van der Waals surface area contributed by atoms with Crippen LogP contribution in [0.3, 0.4) is 0 Å². The number of nitrogens with zero attached hydrogens (tertiary/aromatic N) is 2. The lowest BCUT2D eigenvalue weighted by atomic mass is 10.1. The molecule has 2 rings (SSSR count). The lowest BCUT2D eigenvalue weighted by Gasteiger charge is -2.09. The minimum absolute atomic E-state index is 0.277. The smallest absolute Gasteiger partial charge is 0.216 e. The van der Waals surface area contributed by atoms with Crippen molar-refractivity contribution < 1.29 is 9.47 Å². The molecule has 2 N–H and O–H groups in total. The van der Waals surface area contributed by atoms with Crippen LogP contribution in [-0.2, 0) is 6.54 Å². The van der Waals surface area contributed by atoms with Crippen molar-refractivity contribution in [1.29, 1.82) is 0 Å². The summed E-state index contributed by atoms with van der Waals surface area (Å²) < 4.78 is 10.4. The molecule has 0 amide bonds. The Morgan fingerprint density at radius 2 is 1.89 bits per heavy atom. The molecule has 0 aliphatic heterocycles. The average Bonchev–Trinajstić information content (AvgIpc) is 2.46. The molecule has 0 saturated heterocycles. The van der Waals surface area contributed by atoms with Crippen LogP contribution in [0.2, 0.25) is 0 Å². The maximum Gasteiger partial charge on any atom is 0.216 e. The van der Waals surface area contributed by atoms with Crippen molar-refractivity contribution in [2.45, 2.75) is 13.5 Å². The predicted molar refractivity (Wildman–Crippen MR) is 73.2 cm³/mol. The highest BCUT2D eigenvalue weighted by Crippen LogP contribution is 2.26. The maximum atomic E-state index is 5.60. The van der Waals surface area contributed by atoms with E-state index in [0.717, 1.165) is 22.6 Å². The Kier molecular flexibility index (Phi) is 3.97. The van der Waals surface area contributed by atoms with Crippen molar-refractivity contribution in [2.75, 3.05) is 14.2 Å². The molecule has 0 aliphatic rings. The van der Waals surface area contributed by atoms with Crippen molar-refractivity contribution in [3.05, 3.63) is 35.7 Å². The molecule has 0 aliphatic carbocycles. The lowest BCUT2D eigenvalue weighted by Crippen LogP contribution is -2.05. The first-order valence-corrected chi connectivity index (χ1v) is 5.95. The Morgan fingerprint density at radius 3 is 2.47 bits per heavy atom. The molecule has 1 aromatic heterocycles. The summed E-state index contributed by atoms with van der Waals surface area (Å²) in [7, 11) is 3.23. The van der Waals surface area contributed by atoms with E-state index in [2.05, 4.69) is 9.97 Å². The molecule has 0 radical (unpaired) electrons. The van der Waals surface area contributed by atoms with Gasteiger partial charge >= 0.3 is 0 Å². The van der Waals surface area contributed by atoms with Gasteiger partial charge in [0.25, 0.3) is 0 Å². The Balaban J connectivity index is 2.48. The van der Waals surface area contributed by atoms with Crippen molar-refractivity contribution in [2.24, 2.45) is 5.73 Å². The van der Waals surface area contributed by atoms with Gasteiger partial charge in [-0.1, -0.05) is 0 Å². The van der Waals surface area contributed by atoms with E-state index in [1.165, 1.54) is 0 Å². The third-order valence-electron chi connectivity index (χ3n) is 2.83. The van der Waals surface area contributed by atoms with E-state index < -0.39 is 0 Å². The highest BCUT2D eigenvalue weighted by molar-refractivity contribution is 5.62. The second-order valence-electron chi connectivity index (χ2n) is 4.10. The fraction of sp³-hybridized carbons (Fsp3) is 0.286. The summed E-state index contributed by atoms with van der Waals surface area (Å²) in [6.07, 6.45) is 0. The van der Waals surface area contributed by atoms with Gasteiger partial charge in [-0.25, -0.2) is 4.98 Å². The van der Waals surface area contributed by atoms with Gasteiger partial charge in [0.2, 0.25) is 5.88 Å². The van der Waals surface area contributed by atoms with Crippen LogP contribution in [0.5, 0.6) is 11.6 Å². The summed E-state index contributed by atoms with van der Waals surface area (Å²) >= 11 is 0. The molecule has 100 valence electrons. The van der Waals surface area contributed by atoms with E-state index in [4.69, 9.17) is 15.2 Å². The van der Waals surface area contributed by atoms with E-state index in [1.54, 1.807) is 20.3 Å². The number of ether oxygens (including phenoxy) is 2. The number of benzene rings is 1. The minimum Gasteiger partial charge on any atom is -0.496 e. The van der Waals surface area contributed by atoms with Crippen LogP contribution in [0.15, 0.2) is 24.3 Å². The summed E-state index contributed by atoms with van der Waals surface area (Å²) in [5, 5.41) is 0. The highest BCUT2D eigenvalue weighted by Gasteiger charge is 2.08. The van der Waals surface area contributed by atoms with Crippen LogP contribution >= 0.6 is 0 Å². The van der Waals surface area contributed by atoms with Gasteiger partial charge in [-0.3, -0.25) is 0 Å². The summed E-state index contributed by atoms with van der Waals surface area (Å²) in [6, 6.07) is 7.68. The van der Waals surface area contributed by atoms with Gasteiger partial charge in [0.05, 0.1) is 26.5 Å². The number of aryl methyl sites for hydroxylation is 1. The normalized spacial score (nSPS) is 10.3. The highest BCUT2D eigenvalue weighted by atomic mass is 16.5. The number of hydrogen-bond donors (Lipinski definition) is 1. The summed E-state index contributed by atoms with van der Waals surface area (Å²) in [6.45, 7) is 2.27. The molecule has 19 heavy (non-hydrogen) atoms. The number of aromatic nitrogens is 2. The molecule has 0 atom stereocenters. The van der Waals surface area contributed by atoms with Crippen LogP contribution in [0.4, 0.5) is 0 Å². The van der Waals surface area contributed by atoms with Gasteiger partial charge in [-0.05, 0) is 30.7 Å². The number of hydrogen-bond acceptors (Lipinski definition) is 5. The maximum absolute atomic E-state index is 5.60. The second-order valence-corrected chi connectivity index (χ2v) is 4.10. The van der Waals surface area contributed by atoms with Crippen LogP contribution in [-0.4, -0.2) is 24.2 Å². The van der Waals surface area contributed by atoms with E-state index in [9.17, 15) is 0 Å². The third-order valence-corrected chi connectivity index (χ3v) is 2.83. The van der Waals surface area contributed by atoms with E-state index in [1.807, 2.05) is 25.1 Å². The number of nitrogens with two attached hydrogens (primary N) is 1. The molecule has 0 bridgehead atoms. The van der Waals surface area contributed by atoms with Crippen LogP contribution < -0.4 is 15.2 Å². The first kappa shape index (κ1) is 13.3. The van der Waals surface area contributed by atoms with Crippen molar-refractivity contribution >= 4 is 0 Å². The van der Waals surface area contributed by atoms with Gasteiger partial charge in [0.15, 0.2) is 0 Å². The molecule has 0 saturated carbocycles. The second kappa shape index (κ2) is 5.67.